The predicted octanol–water partition coefficient (Wildman–Crippen LogP) is 3.02. The number of carbonyl (C=O) groups excluding carboxylic acids is 1. The average molecular weight is 485 g/mol. The van der Waals surface area contributed by atoms with Gasteiger partial charge in [-0.15, -0.1) is 5.10 Å². The summed E-state index contributed by atoms with van der Waals surface area (Å²) in [4.78, 5) is 14.9. The number of aromatic nitrogens is 4. The fourth-order valence-corrected chi connectivity index (χ4v) is 4.54. The summed E-state index contributed by atoms with van der Waals surface area (Å²) in [6.07, 6.45) is 0.377. The number of tetrazole rings is 1. The first-order valence-corrected chi connectivity index (χ1v) is 11.9. The van der Waals surface area contributed by atoms with Crippen molar-refractivity contribution in [1.82, 2.24) is 20.2 Å². The number of methoxy groups -OCH3 is 2. The van der Waals surface area contributed by atoms with Gasteiger partial charge in [0, 0.05) is 30.5 Å². The number of thioether (sulfide) groups is 1. The Morgan fingerprint density at radius 2 is 1.85 bits per heavy atom. The highest BCUT2D eigenvalue weighted by atomic mass is 32.2. The molecule has 2 unspecified atom stereocenters. The van der Waals surface area contributed by atoms with Crippen molar-refractivity contribution in [2.45, 2.75) is 31.2 Å². The molecule has 0 aliphatic carbocycles. The number of carbonyl (C=O) groups is 1. The van der Waals surface area contributed by atoms with Crippen LogP contribution in [0, 0.1) is 0 Å². The van der Waals surface area contributed by atoms with Gasteiger partial charge in [-0.2, -0.15) is 4.68 Å². The van der Waals surface area contributed by atoms with Gasteiger partial charge in [-0.1, -0.05) is 11.8 Å². The summed E-state index contributed by atoms with van der Waals surface area (Å²) in [5.74, 6) is 1.22. The van der Waals surface area contributed by atoms with Crippen LogP contribution in [0.1, 0.15) is 13.8 Å². The monoisotopic (exact) mass is 484 g/mol. The lowest BCUT2D eigenvalue weighted by Gasteiger charge is -2.36. The lowest BCUT2D eigenvalue weighted by Crippen LogP contribution is -2.45. The van der Waals surface area contributed by atoms with Gasteiger partial charge in [0.25, 0.3) is 0 Å². The molecule has 3 aromatic rings. The van der Waals surface area contributed by atoms with E-state index in [4.69, 9.17) is 14.2 Å². The first-order valence-electron chi connectivity index (χ1n) is 10.9. The molecule has 10 nitrogen and oxygen atoms in total. The second-order valence-corrected chi connectivity index (χ2v) is 8.90. The van der Waals surface area contributed by atoms with Crippen LogP contribution in [0.2, 0.25) is 0 Å². The fraction of sp³-hybridized carbons (Fsp3) is 0.391. The third-order valence-corrected chi connectivity index (χ3v) is 6.24. The van der Waals surface area contributed by atoms with Crippen LogP contribution in [0.5, 0.6) is 11.5 Å². The molecule has 2 aromatic carbocycles. The van der Waals surface area contributed by atoms with E-state index in [0.717, 1.165) is 24.5 Å². The summed E-state index contributed by atoms with van der Waals surface area (Å²) in [7, 11) is 3.15. The van der Waals surface area contributed by atoms with Crippen molar-refractivity contribution in [3.8, 4) is 17.2 Å². The van der Waals surface area contributed by atoms with Crippen molar-refractivity contribution >= 4 is 29.0 Å². The minimum atomic E-state index is -0.154. The summed E-state index contributed by atoms with van der Waals surface area (Å²) in [6, 6.07) is 13.2. The van der Waals surface area contributed by atoms with Crippen LogP contribution in [0.25, 0.3) is 5.69 Å². The van der Waals surface area contributed by atoms with Crippen molar-refractivity contribution < 1.29 is 19.0 Å². The van der Waals surface area contributed by atoms with Gasteiger partial charge < -0.3 is 24.4 Å². The van der Waals surface area contributed by atoms with Gasteiger partial charge in [-0.05, 0) is 60.7 Å². The number of hydrogen-bond donors (Lipinski definition) is 1. The molecule has 0 spiro atoms. The Labute approximate surface area is 202 Å². The topological polar surface area (TPSA) is 104 Å². The number of ether oxygens (including phenoxy) is 3. The van der Waals surface area contributed by atoms with Gasteiger partial charge in [0.05, 0.1) is 32.2 Å². The molecule has 11 heteroatoms. The fourth-order valence-electron chi connectivity index (χ4n) is 3.85. The number of rotatable bonds is 8. The second-order valence-electron chi connectivity index (χ2n) is 7.96. The van der Waals surface area contributed by atoms with E-state index in [-0.39, 0.29) is 23.9 Å². The predicted molar refractivity (Wildman–Crippen MR) is 130 cm³/mol. The molecule has 0 saturated carbocycles. The lowest BCUT2D eigenvalue weighted by molar-refractivity contribution is -0.113. The molecular weight excluding hydrogens is 456 g/mol. The molecule has 2 heterocycles. The van der Waals surface area contributed by atoms with Crippen molar-refractivity contribution in [2.75, 3.05) is 43.3 Å². The van der Waals surface area contributed by atoms with Gasteiger partial charge in [0.1, 0.15) is 17.2 Å². The molecule has 1 saturated heterocycles. The number of anilines is 2. The largest absolute Gasteiger partial charge is 0.497 e. The van der Waals surface area contributed by atoms with Gasteiger partial charge in [0.2, 0.25) is 11.1 Å². The van der Waals surface area contributed by atoms with Crippen LogP contribution in [0.15, 0.2) is 47.6 Å². The highest BCUT2D eigenvalue weighted by molar-refractivity contribution is 7.99. The summed E-state index contributed by atoms with van der Waals surface area (Å²) in [6.45, 7) is 5.85. The summed E-state index contributed by atoms with van der Waals surface area (Å²) >= 11 is 1.23. The van der Waals surface area contributed by atoms with Crippen LogP contribution in [0.4, 0.5) is 11.4 Å². The lowest BCUT2D eigenvalue weighted by atomic mass is 10.2. The quantitative estimate of drug-likeness (QED) is 0.483. The smallest absolute Gasteiger partial charge is 0.234 e. The van der Waals surface area contributed by atoms with E-state index in [2.05, 4.69) is 39.6 Å². The van der Waals surface area contributed by atoms with Gasteiger partial charge in [-0.25, -0.2) is 0 Å². The van der Waals surface area contributed by atoms with E-state index >= 15 is 0 Å². The normalized spacial score (nSPS) is 17.9. The first kappa shape index (κ1) is 23.8. The molecule has 0 radical (unpaired) electrons. The Balaban J connectivity index is 1.37. The maximum Gasteiger partial charge on any atom is 0.234 e. The van der Waals surface area contributed by atoms with Gasteiger partial charge in [0.15, 0.2) is 0 Å². The van der Waals surface area contributed by atoms with Crippen molar-refractivity contribution in [3.05, 3.63) is 42.5 Å². The van der Waals surface area contributed by atoms with Crippen molar-refractivity contribution in [2.24, 2.45) is 0 Å². The third-order valence-electron chi connectivity index (χ3n) is 5.32. The van der Waals surface area contributed by atoms with Crippen molar-refractivity contribution in [1.29, 1.82) is 0 Å². The number of hydrogen-bond acceptors (Lipinski definition) is 9. The van der Waals surface area contributed by atoms with E-state index in [1.807, 2.05) is 24.3 Å². The van der Waals surface area contributed by atoms with E-state index in [0.29, 0.717) is 22.3 Å². The Bertz CT molecular complexity index is 1110. The Morgan fingerprint density at radius 3 is 2.53 bits per heavy atom. The average Bonchev–Trinajstić information content (AvgIpc) is 3.30. The first-order chi connectivity index (χ1) is 16.5. The molecule has 2 atom stereocenters. The molecule has 34 heavy (non-hydrogen) atoms. The molecule has 1 amide bonds. The Hall–Kier alpha value is -3.31. The summed E-state index contributed by atoms with van der Waals surface area (Å²) < 4.78 is 18.0. The molecular formula is C23H28N6O4S. The zero-order valence-electron chi connectivity index (χ0n) is 19.6. The molecule has 4 rings (SSSR count). The molecule has 1 N–H and O–H groups in total. The molecule has 180 valence electrons. The van der Waals surface area contributed by atoms with Gasteiger partial charge >= 0.3 is 0 Å². The van der Waals surface area contributed by atoms with Crippen LogP contribution in [-0.4, -0.2) is 71.4 Å². The number of morpholine rings is 1. The Morgan fingerprint density at radius 1 is 1.12 bits per heavy atom. The standard InChI is InChI=1S/C23H28N6O4S/c1-15-12-28(13-16(2)33-15)18-7-5-17(6-8-18)24-22(30)14-34-23-25-26-27-29(23)20-11-19(31-3)9-10-21(20)32-4/h5-11,15-16H,12-14H2,1-4H3,(H,24,30). The third kappa shape index (κ3) is 5.60. The van der Waals surface area contributed by atoms with Gasteiger partial charge in [-0.3, -0.25) is 4.79 Å². The minimum Gasteiger partial charge on any atom is -0.497 e. The number of nitrogens with zero attached hydrogens (tertiary/aromatic N) is 5. The maximum atomic E-state index is 12.6. The maximum absolute atomic E-state index is 12.6. The van der Waals surface area contributed by atoms with Crippen LogP contribution >= 0.6 is 11.8 Å². The number of benzene rings is 2. The van der Waals surface area contributed by atoms with E-state index < -0.39 is 0 Å². The number of amides is 1. The molecule has 1 aliphatic rings. The van der Waals surface area contributed by atoms with E-state index in [1.165, 1.54) is 16.4 Å². The molecule has 0 bridgehead atoms. The second kappa shape index (κ2) is 10.7. The zero-order valence-corrected chi connectivity index (χ0v) is 20.4. The van der Waals surface area contributed by atoms with Crippen LogP contribution < -0.4 is 19.7 Å². The van der Waals surface area contributed by atoms with Crippen LogP contribution in [0.3, 0.4) is 0 Å². The highest BCUT2D eigenvalue weighted by Gasteiger charge is 2.22. The van der Waals surface area contributed by atoms with E-state index in [9.17, 15) is 4.79 Å². The van der Waals surface area contributed by atoms with Crippen molar-refractivity contribution in [3.63, 3.8) is 0 Å². The molecule has 1 aliphatic heterocycles. The summed E-state index contributed by atoms with van der Waals surface area (Å²) in [5, 5.41) is 15.3. The Kier molecular flexibility index (Phi) is 7.53. The summed E-state index contributed by atoms with van der Waals surface area (Å²) in [5.41, 5.74) is 2.47. The SMILES string of the molecule is COc1ccc(OC)c(-n2nnnc2SCC(=O)Nc2ccc(N3CC(C)OC(C)C3)cc2)c1. The highest BCUT2D eigenvalue weighted by Crippen LogP contribution is 2.30. The van der Waals surface area contributed by atoms with E-state index in [1.54, 1.807) is 32.4 Å². The molecule has 1 fully saturated rings. The zero-order chi connectivity index (χ0) is 24.1. The van der Waals surface area contributed by atoms with Crippen LogP contribution in [-0.2, 0) is 9.53 Å². The minimum absolute atomic E-state index is 0.146. The molecule has 1 aromatic heterocycles. The number of nitrogens with one attached hydrogen (secondary N) is 1.